The van der Waals surface area contributed by atoms with E-state index in [1.807, 2.05) is 26.0 Å². The Kier molecular flexibility index (Phi) is 4.03. The minimum Gasteiger partial charge on any atom is -0.454 e. The predicted octanol–water partition coefficient (Wildman–Crippen LogP) is 2.57. The quantitative estimate of drug-likeness (QED) is 0.922. The molecular weight excluding hydrogens is 332 g/mol. The average molecular weight is 352 g/mol. The van der Waals surface area contributed by atoms with Crippen LogP contribution in [0.25, 0.3) is 0 Å². The van der Waals surface area contributed by atoms with Crippen molar-refractivity contribution in [1.82, 2.24) is 5.32 Å². The molecule has 26 heavy (non-hydrogen) atoms. The number of anilines is 1. The molecule has 2 aliphatic rings. The fourth-order valence-corrected chi connectivity index (χ4v) is 3.46. The topological polar surface area (TPSA) is 67.9 Å². The Morgan fingerprint density at radius 2 is 1.81 bits per heavy atom. The van der Waals surface area contributed by atoms with Crippen LogP contribution in [-0.4, -0.2) is 31.2 Å². The number of nitrogens with one attached hydrogen (secondary N) is 1. The second kappa shape index (κ2) is 6.37. The number of fused-ring (bicyclic) bond motifs is 1. The first-order valence-corrected chi connectivity index (χ1v) is 8.61. The van der Waals surface area contributed by atoms with Gasteiger partial charge in [0.2, 0.25) is 12.7 Å². The number of rotatable bonds is 3. The summed E-state index contributed by atoms with van der Waals surface area (Å²) in [6.45, 7) is 4.77. The van der Waals surface area contributed by atoms with Crippen LogP contribution in [0, 0.1) is 13.8 Å². The van der Waals surface area contributed by atoms with Crippen molar-refractivity contribution >= 4 is 17.5 Å². The summed E-state index contributed by atoms with van der Waals surface area (Å²) in [4.78, 5) is 27.0. The lowest BCUT2D eigenvalue weighted by atomic mass is 10.1. The summed E-state index contributed by atoms with van der Waals surface area (Å²) in [6.07, 6.45) is 0.585. The molecule has 134 valence electrons. The van der Waals surface area contributed by atoms with Crippen LogP contribution in [0.15, 0.2) is 36.4 Å². The number of nitrogens with zero attached hydrogens (tertiary/aromatic N) is 1. The third-order valence-corrected chi connectivity index (χ3v) is 4.66. The maximum absolute atomic E-state index is 12.7. The molecule has 4 rings (SSSR count). The second-order valence-electron chi connectivity index (χ2n) is 6.72. The minimum absolute atomic E-state index is 0.0795. The summed E-state index contributed by atoms with van der Waals surface area (Å²) in [6, 6.07) is 10.6. The van der Waals surface area contributed by atoms with Crippen molar-refractivity contribution in [1.29, 1.82) is 0 Å². The van der Waals surface area contributed by atoms with Crippen molar-refractivity contribution in [2.75, 3.05) is 18.2 Å². The highest BCUT2D eigenvalue weighted by molar-refractivity contribution is 6.04. The largest absolute Gasteiger partial charge is 0.454 e. The highest BCUT2D eigenvalue weighted by Gasteiger charge is 2.34. The number of carbonyl (C=O) groups is 2. The molecule has 0 aliphatic carbocycles. The minimum atomic E-state index is -0.520. The molecule has 6 nitrogen and oxygen atoms in total. The average Bonchev–Trinajstić information content (AvgIpc) is 3.20. The Hall–Kier alpha value is -3.02. The van der Waals surface area contributed by atoms with Gasteiger partial charge in [-0.05, 0) is 61.7 Å². The second-order valence-corrected chi connectivity index (χ2v) is 6.72. The molecule has 1 fully saturated rings. The van der Waals surface area contributed by atoms with E-state index in [1.54, 1.807) is 23.1 Å². The van der Waals surface area contributed by atoms with Gasteiger partial charge in [0.15, 0.2) is 11.5 Å². The Morgan fingerprint density at radius 1 is 1.08 bits per heavy atom. The highest BCUT2D eigenvalue weighted by atomic mass is 16.7. The number of aryl methyl sites for hydroxylation is 2. The molecule has 0 bridgehead atoms. The number of amides is 2. The van der Waals surface area contributed by atoms with Crippen LogP contribution in [0.5, 0.6) is 11.5 Å². The van der Waals surface area contributed by atoms with E-state index in [-0.39, 0.29) is 18.6 Å². The molecule has 2 aromatic carbocycles. The van der Waals surface area contributed by atoms with Gasteiger partial charge in [-0.2, -0.15) is 0 Å². The molecule has 1 saturated heterocycles. The van der Waals surface area contributed by atoms with Crippen LogP contribution < -0.4 is 19.7 Å². The van der Waals surface area contributed by atoms with E-state index in [2.05, 4.69) is 11.4 Å². The highest BCUT2D eigenvalue weighted by Crippen LogP contribution is 2.32. The van der Waals surface area contributed by atoms with Crippen molar-refractivity contribution < 1.29 is 19.1 Å². The zero-order valence-electron chi connectivity index (χ0n) is 14.7. The molecule has 2 aliphatic heterocycles. The third kappa shape index (κ3) is 2.98. The fourth-order valence-electron chi connectivity index (χ4n) is 3.46. The zero-order chi connectivity index (χ0) is 18.3. The van der Waals surface area contributed by atoms with Crippen LogP contribution in [0.1, 0.15) is 27.9 Å². The van der Waals surface area contributed by atoms with Gasteiger partial charge in [-0.3, -0.25) is 9.59 Å². The van der Waals surface area contributed by atoms with Gasteiger partial charge < -0.3 is 19.7 Å². The van der Waals surface area contributed by atoms with E-state index in [4.69, 9.17) is 9.47 Å². The molecular formula is C20H20N2O4. The summed E-state index contributed by atoms with van der Waals surface area (Å²) in [5.41, 5.74) is 3.56. The Labute approximate surface area is 151 Å². The Balaban J connectivity index is 1.47. The van der Waals surface area contributed by atoms with Gasteiger partial charge in [-0.1, -0.05) is 6.07 Å². The summed E-state index contributed by atoms with van der Waals surface area (Å²) >= 11 is 0. The Bertz CT molecular complexity index is 873. The molecule has 0 saturated carbocycles. The standard InChI is InChI=1S/C20H20N2O4/c1-12-7-13(2)9-15(8-12)22-6-5-16(20(22)24)21-19(23)14-3-4-17-18(10-14)26-11-25-17/h3-4,7-10,16H,5-6,11H2,1-2H3,(H,21,23)/t16-/m0/s1. The van der Waals surface area contributed by atoms with Gasteiger partial charge in [0.1, 0.15) is 6.04 Å². The van der Waals surface area contributed by atoms with Gasteiger partial charge in [-0.15, -0.1) is 0 Å². The maximum Gasteiger partial charge on any atom is 0.252 e. The molecule has 2 aromatic rings. The maximum atomic E-state index is 12.7. The first-order chi connectivity index (χ1) is 12.5. The molecule has 0 unspecified atom stereocenters. The van der Waals surface area contributed by atoms with Gasteiger partial charge in [0.05, 0.1) is 0 Å². The van der Waals surface area contributed by atoms with Crippen LogP contribution >= 0.6 is 0 Å². The van der Waals surface area contributed by atoms with E-state index in [0.29, 0.717) is 30.0 Å². The molecule has 6 heteroatoms. The number of hydrogen-bond donors (Lipinski definition) is 1. The van der Waals surface area contributed by atoms with Crippen molar-refractivity contribution in [2.45, 2.75) is 26.3 Å². The number of benzene rings is 2. The summed E-state index contributed by atoms with van der Waals surface area (Å²) in [5, 5.41) is 2.84. The molecule has 2 heterocycles. The fraction of sp³-hybridized carbons (Fsp3) is 0.300. The molecule has 1 atom stereocenters. The van der Waals surface area contributed by atoms with E-state index in [9.17, 15) is 9.59 Å². The normalized spacial score (nSPS) is 18.3. The van der Waals surface area contributed by atoms with Gasteiger partial charge in [-0.25, -0.2) is 0 Å². The first kappa shape index (κ1) is 16.4. The third-order valence-electron chi connectivity index (χ3n) is 4.66. The molecule has 2 amide bonds. The van der Waals surface area contributed by atoms with Gasteiger partial charge >= 0.3 is 0 Å². The van der Waals surface area contributed by atoms with E-state index in [1.165, 1.54) is 0 Å². The smallest absolute Gasteiger partial charge is 0.252 e. The first-order valence-electron chi connectivity index (χ1n) is 8.61. The van der Waals surface area contributed by atoms with Gasteiger partial charge in [0, 0.05) is 17.8 Å². The molecule has 1 N–H and O–H groups in total. The Morgan fingerprint density at radius 3 is 2.58 bits per heavy atom. The summed E-state index contributed by atoms with van der Waals surface area (Å²) < 4.78 is 10.6. The van der Waals surface area contributed by atoms with E-state index < -0.39 is 6.04 Å². The molecule has 0 radical (unpaired) electrons. The molecule has 0 spiro atoms. The summed E-state index contributed by atoms with van der Waals surface area (Å²) in [5.74, 6) is 0.805. The summed E-state index contributed by atoms with van der Waals surface area (Å²) in [7, 11) is 0. The van der Waals surface area contributed by atoms with Crippen LogP contribution in [0.2, 0.25) is 0 Å². The van der Waals surface area contributed by atoms with Crippen molar-refractivity contribution in [2.24, 2.45) is 0 Å². The van der Waals surface area contributed by atoms with Crippen molar-refractivity contribution in [3.63, 3.8) is 0 Å². The number of hydrogen-bond acceptors (Lipinski definition) is 4. The van der Waals surface area contributed by atoms with Gasteiger partial charge in [0.25, 0.3) is 5.91 Å². The monoisotopic (exact) mass is 352 g/mol. The predicted molar refractivity (Wildman–Crippen MR) is 96.7 cm³/mol. The lowest BCUT2D eigenvalue weighted by molar-refractivity contribution is -0.118. The SMILES string of the molecule is Cc1cc(C)cc(N2CC[C@H](NC(=O)c3ccc4c(c3)OCO4)C2=O)c1. The van der Waals surface area contributed by atoms with Crippen molar-refractivity contribution in [3.8, 4) is 11.5 Å². The van der Waals surface area contributed by atoms with Crippen LogP contribution in [-0.2, 0) is 4.79 Å². The van der Waals surface area contributed by atoms with E-state index >= 15 is 0 Å². The van der Waals surface area contributed by atoms with Crippen LogP contribution in [0.4, 0.5) is 5.69 Å². The number of ether oxygens (including phenoxy) is 2. The lowest BCUT2D eigenvalue weighted by Crippen LogP contribution is -2.41. The zero-order valence-corrected chi connectivity index (χ0v) is 14.7. The molecule has 0 aromatic heterocycles. The van der Waals surface area contributed by atoms with Crippen molar-refractivity contribution in [3.05, 3.63) is 53.1 Å². The van der Waals surface area contributed by atoms with Crippen LogP contribution in [0.3, 0.4) is 0 Å². The number of carbonyl (C=O) groups excluding carboxylic acids is 2. The lowest BCUT2D eigenvalue weighted by Gasteiger charge is -2.18. The van der Waals surface area contributed by atoms with E-state index in [0.717, 1.165) is 16.8 Å².